The fraction of sp³-hybridized carbons (Fsp3) is 0.0357. The third-order valence-electron chi connectivity index (χ3n) is 5.81. The summed E-state index contributed by atoms with van der Waals surface area (Å²) in [4.78, 5) is 26.4. The van der Waals surface area contributed by atoms with Gasteiger partial charge in [-0.15, -0.1) is 0 Å². The van der Waals surface area contributed by atoms with Gasteiger partial charge >= 0.3 is 5.97 Å². The molecule has 3 N–H and O–H groups in total. The Hall–Kier alpha value is -4.91. The number of phenols is 1. The van der Waals surface area contributed by atoms with E-state index in [0.717, 1.165) is 16.9 Å². The highest BCUT2D eigenvalue weighted by molar-refractivity contribution is 6.55. The lowest BCUT2D eigenvalue weighted by Crippen LogP contribution is -2.26. The van der Waals surface area contributed by atoms with Crippen molar-refractivity contribution in [3.63, 3.8) is 0 Å². The zero-order chi connectivity index (χ0) is 24.5. The van der Waals surface area contributed by atoms with Crippen molar-refractivity contribution >= 4 is 34.7 Å². The number of aryl methyl sites for hydroxylation is 1. The van der Waals surface area contributed by atoms with Gasteiger partial charge in [-0.3, -0.25) is 15.1 Å². The van der Waals surface area contributed by atoms with Crippen LogP contribution in [0, 0.1) is 6.92 Å². The zero-order valence-electron chi connectivity index (χ0n) is 18.8. The van der Waals surface area contributed by atoms with Crippen LogP contribution in [0.25, 0.3) is 11.1 Å². The number of carboxylic acids is 1. The number of carbonyl (C=O) groups is 2. The second-order valence-electron chi connectivity index (χ2n) is 8.16. The summed E-state index contributed by atoms with van der Waals surface area (Å²) >= 11 is 0. The van der Waals surface area contributed by atoms with Crippen molar-refractivity contribution in [2.24, 2.45) is 5.10 Å². The fourth-order valence-corrected chi connectivity index (χ4v) is 4.13. The first-order valence-corrected chi connectivity index (χ1v) is 10.9. The first-order chi connectivity index (χ1) is 16.9. The van der Waals surface area contributed by atoms with Crippen molar-refractivity contribution in [1.82, 2.24) is 0 Å². The fourth-order valence-electron chi connectivity index (χ4n) is 4.13. The SMILES string of the molecule is Cc1cccc(N2C(=O)/C(=N\Nc3cccc(-c4cccc(C(=O)O)c4)c3O)c3ccccc32)c1. The number of benzene rings is 4. The first-order valence-electron chi connectivity index (χ1n) is 10.9. The van der Waals surface area contributed by atoms with Crippen LogP contribution in [-0.2, 0) is 4.79 Å². The molecule has 1 aliphatic rings. The maximum atomic E-state index is 13.4. The van der Waals surface area contributed by atoms with Gasteiger partial charge in [-0.25, -0.2) is 4.79 Å². The van der Waals surface area contributed by atoms with E-state index in [1.54, 1.807) is 35.2 Å². The van der Waals surface area contributed by atoms with Crippen LogP contribution in [0.2, 0.25) is 0 Å². The van der Waals surface area contributed by atoms with Crippen LogP contribution in [-0.4, -0.2) is 27.8 Å². The van der Waals surface area contributed by atoms with Gasteiger partial charge in [0.05, 0.1) is 16.9 Å². The molecule has 4 aromatic rings. The highest BCUT2D eigenvalue weighted by Gasteiger charge is 2.35. The van der Waals surface area contributed by atoms with Gasteiger partial charge in [-0.05, 0) is 54.4 Å². The molecule has 172 valence electrons. The number of aromatic carboxylic acids is 1. The Morgan fingerprint density at radius 1 is 0.886 bits per heavy atom. The Balaban J connectivity index is 1.51. The van der Waals surface area contributed by atoms with E-state index >= 15 is 0 Å². The van der Waals surface area contributed by atoms with Crippen molar-refractivity contribution in [3.05, 3.63) is 108 Å². The van der Waals surface area contributed by atoms with Gasteiger partial charge in [-0.1, -0.05) is 54.6 Å². The molecule has 5 rings (SSSR count). The van der Waals surface area contributed by atoms with E-state index in [1.807, 2.05) is 55.5 Å². The Bertz CT molecular complexity index is 1510. The molecule has 0 aromatic heterocycles. The van der Waals surface area contributed by atoms with Crippen LogP contribution in [0.15, 0.2) is 96.1 Å². The van der Waals surface area contributed by atoms with Crippen LogP contribution in [0.3, 0.4) is 0 Å². The van der Waals surface area contributed by atoms with E-state index in [-0.39, 0.29) is 28.6 Å². The maximum Gasteiger partial charge on any atom is 0.335 e. The van der Waals surface area contributed by atoms with E-state index < -0.39 is 5.97 Å². The van der Waals surface area contributed by atoms with Crippen molar-refractivity contribution in [3.8, 4) is 16.9 Å². The van der Waals surface area contributed by atoms with Crippen molar-refractivity contribution < 1.29 is 19.8 Å². The molecule has 0 aliphatic carbocycles. The largest absolute Gasteiger partial charge is 0.505 e. The van der Waals surface area contributed by atoms with Gasteiger partial charge in [0.15, 0.2) is 5.71 Å². The second-order valence-corrected chi connectivity index (χ2v) is 8.16. The van der Waals surface area contributed by atoms with Crippen LogP contribution in [0.5, 0.6) is 5.75 Å². The van der Waals surface area contributed by atoms with Gasteiger partial charge in [0.2, 0.25) is 0 Å². The molecule has 0 radical (unpaired) electrons. The topological polar surface area (TPSA) is 102 Å². The number of nitrogens with one attached hydrogen (secondary N) is 1. The minimum Gasteiger partial charge on any atom is -0.505 e. The Kier molecular flexibility index (Phi) is 5.51. The number of amides is 1. The number of fused-ring (bicyclic) bond motifs is 1. The minimum absolute atomic E-state index is 0.103. The van der Waals surface area contributed by atoms with E-state index in [1.165, 1.54) is 12.1 Å². The summed E-state index contributed by atoms with van der Waals surface area (Å²) in [6, 6.07) is 26.4. The number of carboxylic acid groups (broad SMARTS) is 1. The number of phenolic OH excluding ortho intramolecular Hbond substituents is 1. The monoisotopic (exact) mass is 463 g/mol. The number of para-hydroxylation sites is 2. The minimum atomic E-state index is -1.05. The number of hydrogen-bond acceptors (Lipinski definition) is 5. The number of anilines is 3. The maximum absolute atomic E-state index is 13.4. The lowest BCUT2D eigenvalue weighted by atomic mass is 10.0. The summed E-state index contributed by atoms with van der Waals surface area (Å²) in [6.45, 7) is 1.97. The molecule has 4 aromatic carbocycles. The predicted octanol–water partition coefficient (Wildman–Crippen LogP) is 5.56. The average Bonchev–Trinajstić information content (AvgIpc) is 3.14. The summed E-state index contributed by atoms with van der Waals surface area (Å²) in [5, 5.41) is 24.6. The van der Waals surface area contributed by atoms with Crippen molar-refractivity contribution in [2.45, 2.75) is 6.92 Å². The number of hydrogen-bond donors (Lipinski definition) is 3. The number of aromatic hydroxyl groups is 1. The van der Waals surface area contributed by atoms with Crippen LogP contribution in [0.4, 0.5) is 17.1 Å². The highest BCUT2D eigenvalue weighted by Crippen LogP contribution is 2.38. The molecule has 0 bridgehead atoms. The molecular weight excluding hydrogens is 442 g/mol. The van der Waals surface area contributed by atoms with Crippen LogP contribution < -0.4 is 10.3 Å². The summed E-state index contributed by atoms with van der Waals surface area (Å²) in [7, 11) is 0. The van der Waals surface area contributed by atoms with Crippen molar-refractivity contribution in [1.29, 1.82) is 0 Å². The van der Waals surface area contributed by atoms with Gasteiger partial charge in [-0.2, -0.15) is 5.10 Å². The molecular formula is C28H21N3O4. The van der Waals surface area contributed by atoms with Gasteiger partial charge < -0.3 is 10.2 Å². The highest BCUT2D eigenvalue weighted by atomic mass is 16.4. The van der Waals surface area contributed by atoms with Gasteiger partial charge in [0, 0.05) is 16.8 Å². The molecule has 0 spiro atoms. The summed E-state index contributed by atoms with van der Waals surface area (Å²) in [5.74, 6) is -1.44. The summed E-state index contributed by atoms with van der Waals surface area (Å²) in [6.07, 6.45) is 0. The number of hydrazone groups is 1. The number of carbonyl (C=O) groups excluding carboxylic acids is 1. The van der Waals surface area contributed by atoms with Crippen LogP contribution >= 0.6 is 0 Å². The molecule has 0 fully saturated rings. The molecule has 1 heterocycles. The molecule has 1 aliphatic heterocycles. The van der Waals surface area contributed by atoms with Gasteiger partial charge in [0.25, 0.3) is 5.91 Å². The van der Waals surface area contributed by atoms with Crippen molar-refractivity contribution in [2.75, 3.05) is 10.3 Å². The zero-order valence-corrected chi connectivity index (χ0v) is 18.8. The van der Waals surface area contributed by atoms with E-state index in [2.05, 4.69) is 10.5 Å². The first kappa shape index (κ1) is 21.9. The number of rotatable bonds is 5. The molecule has 0 saturated carbocycles. The van der Waals surface area contributed by atoms with E-state index in [9.17, 15) is 19.8 Å². The van der Waals surface area contributed by atoms with E-state index in [0.29, 0.717) is 16.7 Å². The standard InChI is InChI=1S/C28H21N3O4/c1-17-7-4-10-20(15-17)31-24-14-3-2-11-22(24)25(27(31)33)30-29-23-13-6-12-21(26(23)32)18-8-5-9-19(16-18)28(34)35/h2-16,29,32H,1H3,(H,34,35)/b30-25-. The summed E-state index contributed by atoms with van der Waals surface area (Å²) in [5.41, 5.74) is 7.63. The lowest BCUT2D eigenvalue weighted by molar-refractivity contribution is -0.111. The molecule has 1 amide bonds. The normalized spacial score (nSPS) is 13.7. The molecule has 35 heavy (non-hydrogen) atoms. The Labute approximate surface area is 201 Å². The smallest absolute Gasteiger partial charge is 0.335 e. The second kappa shape index (κ2) is 8.79. The summed E-state index contributed by atoms with van der Waals surface area (Å²) < 4.78 is 0. The van der Waals surface area contributed by atoms with E-state index in [4.69, 9.17) is 0 Å². The van der Waals surface area contributed by atoms with Gasteiger partial charge in [0.1, 0.15) is 5.75 Å². The van der Waals surface area contributed by atoms with Crippen LogP contribution in [0.1, 0.15) is 21.5 Å². The average molecular weight is 463 g/mol. The quantitative estimate of drug-likeness (QED) is 0.266. The Morgan fingerprint density at radius 2 is 1.63 bits per heavy atom. The molecule has 7 nitrogen and oxygen atoms in total. The third kappa shape index (κ3) is 4.00. The molecule has 0 atom stereocenters. The Morgan fingerprint density at radius 3 is 2.43 bits per heavy atom. The molecule has 7 heteroatoms. The third-order valence-corrected chi connectivity index (χ3v) is 5.81. The predicted molar refractivity (Wildman–Crippen MR) is 135 cm³/mol. The lowest BCUT2D eigenvalue weighted by Gasteiger charge is -2.17. The molecule has 0 unspecified atom stereocenters. The number of nitrogens with zero attached hydrogens (tertiary/aromatic N) is 2. The molecule has 0 saturated heterocycles.